The Morgan fingerprint density at radius 2 is 1.61 bits per heavy atom. The molecule has 0 aliphatic heterocycles. The second-order valence-corrected chi connectivity index (χ2v) is 4.41. The molecule has 18 heavy (non-hydrogen) atoms. The Labute approximate surface area is 105 Å². The smallest absolute Gasteiger partial charge is 0.262 e. The van der Waals surface area contributed by atoms with Gasteiger partial charge in [-0.15, -0.1) is 0 Å². The molecule has 0 unspecified atom stereocenters. The lowest BCUT2D eigenvalue weighted by molar-refractivity contribution is 1.01. The summed E-state index contributed by atoms with van der Waals surface area (Å²) >= 11 is 0. The van der Waals surface area contributed by atoms with Crippen molar-refractivity contribution >= 4 is 10.8 Å². The molecule has 0 radical (unpaired) electrons. The van der Waals surface area contributed by atoms with Crippen LogP contribution in [0.2, 0.25) is 0 Å². The summed E-state index contributed by atoms with van der Waals surface area (Å²) in [5.41, 5.74) is 2.11. The van der Waals surface area contributed by atoms with E-state index in [0.717, 1.165) is 16.5 Å². The van der Waals surface area contributed by atoms with Gasteiger partial charge in [0.1, 0.15) is 0 Å². The van der Waals surface area contributed by atoms with Gasteiger partial charge in [0.05, 0.1) is 0 Å². The number of aryl methyl sites for hydroxylation is 1. The number of rotatable bonds is 1. The van der Waals surface area contributed by atoms with E-state index in [1.807, 2.05) is 67.7 Å². The highest BCUT2D eigenvalue weighted by molar-refractivity contribution is 5.81. The van der Waals surface area contributed by atoms with Gasteiger partial charge in [0.2, 0.25) is 0 Å². The molecule has 0 spiro atoms. The predicted molar refractivity (Wildman–Crippen MR) is 74.3 cm³/mol. The van der Waals surface area contributed by atoms with Crippen LogP contribution in [0, 0.1) is 6.92 Å². The van der Waals surface area contributed by atoms with E-state index >= 15 is 0 Å². The average Bonchev–Trinajstić information content (AvgIpc) is 2.41. The maximum atomic E-state index is 12.4. The van der Waals surface area contributed by atoms with Crippen molar-refractivity contribution in [2.45, 2.75) is 6.92 Å². The Hall–Kier alpha value is -2.35. The van der Waals surface area contributed by atoms with Crippen molar-refractivity contribution in [1.29, 1.82) is 0 Å². The first-order valence-electron chi connectivity index (χ1n) is 5.93. The van der Waals surface area contributed by atoms with Crippen LogP contribution < -0.4 is 5.56 Å². The molecule has 2 nitrogen and oxygen atoms in total. The van der Waals surface area contributed by atoms with E-state index in [-0.39, 0.29) is 5.56 Å². The van der Waals surface area contributed by atoms with Crippen molar-refractivity contribution in [2.24, 2.45) is 0 Å². The monoisotopic (exact) mass is 235 g/mol. The van der Waals surface area contributed by atoms with E-state index in [1.165, 1.54) is 5.56 Å². The van der Waals surface area contributed by atoms with Crippen molar-refractivity contribution in [2.75, 3.05) is 0 Å². The third-order valence-electron chi connectivity index (χ3n) is 3.13. The zero-order valence-corrected chi connectivity index (χ0v) is 10.1. The SMILES string of the molecule is Cc1ccc(-n2ccc3ccccc3c2=O)cc1. The summed E-state index contributed by atoms with van der Waals surface area (Å²) < 4.78 is 1.68. The summed E-state index contributed by atoms with van der Waals surface area (Å²) in [6, 6.07) is 17.6. The molecular formula is C16H13NO. The molecule has 2 aromatic carbocycles. The second-order valence-electron chi connectivity index (χ2n) is 4.41. The molecular weight excluding hydrogens is 222 g/mol. The number of hydrogen-bond acceptors (Lipinski definition) is 1. The van der Waals surface area contributed by atoms with E-state index in [1.54, 1.807) is 4.57 Å². The Morgan fingerprint density at radius 1 is 0.889 bits per heavy atom. The van der Waals surface area contributed by atoms with Crippen LogP contribution in [-0.2, 0) is 0 Å². The van der Waals surface area contributed by atoms with Crippen LogP contribution >= 0.6 is 0 Å². The van der Waals surface area contributed by atoms with Crippen molar-refractivity contribution < 1.29 is 0 Å². The molecule has 0 saturated heterocycles. The molecule has 2 heteroatoms. The topological polar surface area (TPSA) is 22.0 Å². The van der Waals surface area contributed by atoms with Crippen molar-refractivity contribution in [1.82, 2.24) is 4.57 Å². The lowest BCUT2D eigenvalue weighted by Crippen LogP contribution is -2.17. The Morgan fingerprint density at radius 3 is 2.39 bits per heavy atom. The molecule has 1 heterocycles. The first-order valence-corrected chi connectivity index (χ1v) is 5.93. The van der Waals surface area contributed by atoms with Crippen molar-refractivity contribution in [3.05, 3.63) is 76.7 Å². The van der Waals surface area contributed by atoms with Gasteiger partial charge in [-0.25, -0.2) is 0 Å². The third-order valence-corrected chi connectivity index (χ3v) is 3.13. The molecule has 0 saturated carbocycles. The van der Waals surface area contributed by atoms with E-state index in [2.05, 4.69) is 0 Å². The van der Waals surface area contributed by atoms with Crippen LogP contribution in [0.25, 0.3) is 16.5 Å². The minimum Gasteiger partial charge on any atom is -0.284 e. The summed E-state index contributed by atoms with van der Waals surface area (Å²) in [7, 11) is 0. The Balaban J connectivity index is 2.27. The molecule has 0 bridgehead atoms. The molecule has 3 rings (SSSR count). The van der Waals surface area contributed by atoms with Gasteiger partial charge in [-0.2, -0.15) is 0 Å². The van der Waals surface area contributed by atoms with Gasteiger partial charge < -0.3 is 0 Å². The van der Waals surface area contributed by atoms with Gasteiger partial charge in [0.15, 0.2) is 0 Å². The first kappa shape index (κ1) is 10.8. The summed E-state index contributed by atoms with van der Waals surface area (Å²) in [6.45, 7) is 2.03. The van der Waals surface area contributed by atoms with Crippen LogP contribution in [-0.4, -0.2) is 4.57 Å². The molecule has 0 aliphatic rings. The zero-order valence-electron chi connectivity index (χ0n) is 10.1. The van der Waals surface area contributed by atoms with Gasteiger partial charge in [0.25, 0.3) is 5.56 Å². The van der Waals surface area contributed by atoms with E-state index < -0.39 is 0 Å². The second kappa shape index (κ2) is 4.15. The van der Waals surface area contributed by atoms with Crippen LogP contribution in [0.3, 0.4) is 0 Å². The van der Waals surface area contributed by atoms with Crippen molar-refractivity contribution in [3.63, 3.8) is 0 Å². The molecule has 0 aliphatic carbocycles. The van der Waals surface area contributed by atoms with Gasteiger partial charge in [0, 0.05) is 17.3 Å². The van der Waals surface area contributed by atoms with Gasteiger partial charge in [-0.05, 0) is 36.6 Å². The summed E-state index contributed by atoms with van der Waals surface area (Å²) in [5, 5.41) is 1.73. The number of aromatic nitrogens is 1. The predicted octanol–water partition coefficient (Wildman–Crippen LogP) is 3.30. The lowest BCUT2D eigenvalue weighted by Gasteiger charge is -2.07. The fourth-order valence-electron chi connectivity index (χ4n) is 2.10. The third kappa shape index (κ3) is 1.72. The molecule has 0 atom stereocenters. The number of nitrogens with zero attached hydrogens (tertiary/aromatic N) is 1. The first-order chi connectivity index (χ1) is 8.75. The van der Waals surface area contributed by atoms with Crippen LogP contribution in [0.15, 0.2) is 65.6 Å². The van der Waals surface area contributed by atoms with E-state index in [9.17, 15) is 4.79 Å². The molecule has 0 fully saturated rings. The van der Waals surface area contributed by atoms with Crippen LogP contribution in [0.1, 0.15) is 5.56 Å². The highest BCUT2D eigenvalue weighted by Gasteiger charge is 2.03. The largest absolute Gasteiger partial charge is 0.284 e. The molecule has 0 amide bonds. The Kier molecular flexibility index (Phi) is 2.49. The van der Waals surface area contributed by atoms with E-state index in [4.69, 9.17) is 0 Å². The molecule has 88 valence electrons. The summed E-state index contributed by atoms with van der Waals surface area (Å²) in [4.78, 5) is 12.4. The maximum absolute atomic E-state index is 12.4. The fourth-order valence-corrected chi connectivity index (χ4v) is 2.10. The number of hydrogen-bond donors (Lipinski definition) is 0. The summed E-state index contributed by atoms with van der Waals surface area (Å²) in [6.07, 6.45) is 1.83. The number of fused-ring (bicyclic) bond motifs is 1. The summed E-state index contributed by atoms with van der Waals surface area (Å²) in [5.74, 6) is 0. The molecule has 3 aromatic rings. The van der Waals surface area contributed by atoms with E-state index in [0.29, 0.717) is 0 Å². The maximum Gasteiger partial charge on any atom is 0.262 e. The lowest BCUT2D eigenvalue weighted by atomic mass is 10.1. The quantitative estimate of drug-likeness (QED) is 0.634. The Bertz CT molecular complexity index is 754. The molecule has 0 N–H and O–H groups in total. The molecule has 1 aromatic heterocycles. The fraction of sp³-hybridized carbons (Fsp3) is 0.0625. The van der Waals surface area contributed by atoms with Gasteiger partial charge in [-0.1, -0.05) is 35.9 Å². The van der Waals surface area contributed by atoms with Gasteiger partial charge in [-0.3, -0.25) is 9.36 Å². The zero-order chi connectivity index (χ0) is 12.5. The van der Waals surface area contributed by atoms with Gasteiger partial charge >= 0.3 is 0 Å². The van der Waals surface area contributed by atoms with Crippen LogP contribution in [0.5, 0.6) is 0 Å². The minimum atomic E-state index is 0.0250. The highest BCUT2D eigenvalue weighted by Crippen LogP contribution is 2.12. The normalized spacial score (nSPS) is 10.7. The van der Waals surface area contributed by atoms with Crippen LogP contribution in [0.4, 0.5) is 0 Å². The highest BCUT2D eigenvalue weighted by atomic mass is 16.1. The minimum absolute atomic E-state index is 0.0250. The number of benzene rings is 2. The average molecular weight is 235 g/mol. The van der Waals surface area contributed by atoms with Crippen molar-refractivity contribution in [3.8, 4) is 5.69 Å². The standard InChI is InChI=1S/C16H13NO/c1-12-6-8-14(9-7-12)17-11-10-13-4-2-3-5-15(13)16(17)18/h2-11H,1H3. The number of pyridine rings is 1.